The molecule has 0 amide bonds. The molecule has 2 atom stereocenters. The third kappa shape index (κ3) is 2.34. The summed E-state index contributed by atoms with van der Waals surface area (Å²) in [6, 6.07) is 8.43. The summed E-state index contributed by atoms with van der Waals surface area (Å²) in [5.74, 6) is 0.834. The summed E-state index contributed by atoms with van der Waals surface area (Å²) in [6.45, 7) is 5.69. The summed E-state index contributed by atoms with van der Waals surface area (Å²) in [4.78, 5) is 0. The fourth-order valence-electron chi connectivity index (χ4n) is 1.66. The average Bonchev–Trinajstić information content (AvgIpc) is 2.27. The van der Waals surface area contributed by atoms with Gasteiger partial charge in [0.2, 0.25) is 0 Å². The van der Waals surface area contributed by atoms with E-state index in [0.29, 0.717) is 24.9 Å². The highest BCUT2D eigenvalue weighted by Gasteiger charge is 2.12. The molecule has 0 aromatic heterocycles. The predicted octanol–water partition coefficient (Wildman–Crippen LogP) is 1.81. The Bertz CT molecular complexity index is 254. The Labute approximate surface area is 86.3 Å². The maximum absolute atomic E-state index is 5.68. The van der Waals surface area contributed by atoms with Gasteiger partial charge in [-0.3, -0.25) is 0 Å². The number of benzene rings is 1. The summed E-state index contributed by atoms with van der Waals surface area (Å²) in [5.41, 5.74) is 14.0. The second kappa shape index (κ2) is 5.13. The molecule has 1 aromatic rings. The smallest absolute Gasteiger partial charge is 0.00108 e. The van der Waals surface area contributed by atoms with E-state index in [-0.39, 0.29) is 0 Å². The van der Waals surface area contributed by atoms with Gasteiger partial charge in [0.15, 0.2) is 0 Å². The van der Waals surface area contributed by atoms with Crippen molar-refractivity contribution >= 4 is 0 Å². The van der Waals surface area contributed by atoms with E-state index in [2.05, 4.69) is 38.1 Å². The molecular formula is C12H20N2. The van der Waals surface area contributed by atoms with Gasteiger partial charge in [0.05, 0.1) is 0 Å². The Morgan fingerprint density at radius 3 is 1.57 bits per heavy atom. The van der Waals surface area contributed by atoms with E-state index in [1.807, 2.05) is 0 Å². The Morgan fingerprint density at radius 1 is 0.929 bits per heavy atom. The Kier molecular flexibility index (Phi) is 4.11. The fraction of sp³-hybridized carbons (Fsp3) is 0.500. The maximum Gasteiger partial charge on any atom is -0.00108 e. The molecular weight excluding hydrogens is 172 g/mol. The van der Waals surface area contributed by atoms with Gasteiger partial charge in [-0.1, -0.05) is 38.1 Å². The molecule has 0 radical (unpaired) electrons. The highest BCUT2D eigenvalue weighted by Crippen LogP contribution is 2.24. The van der Waals surface area contributed by atoms with Crippen molar-refractivity contribution in [3.8, 4) is 0 Å². The van der Waals surface area contributed by atoms with Gasteiger partial charge in [-0.15, -0.1) is 0 Å². The van der Waals surface area contributed by atoms with Crippen molar-refractivity contribution in [3.63, 3.8) is 0 Å². The fourth-order valence-corrected chi connectivity index (χ4v) is 1.66. The standard InChI is InChI=1S/C12H20N2/c1-9(7-13)11-5-3-4-6-12(11)10(2)8-14/h3-6,9-10H,7-8,13-14H2,1-2H3. The van der Waals surface area contributed by atoms with Crippen molar-refractivity contribution in [2.24, 2.45) is 11.5 Å². The monoisotopic (exact) mass is 192 g/mol. The Balaban J connectivity index is 3.02. The van der Waals surface area contributed by atoms with E-state index < -0.39 is 0 Å². The zero-order valence-electron chi connectivity index (χ0n) is 9.03. The minimum absolute atomic E-state index is 0.417. The Morgan fingerprint density at radius 2 is 1.29 bits per heavy atom. The zero-order chi connectivity index (χ0) is 10.6. The van der Waals surface area contributed by atoms with Crippen LogP contribution in [-0.4, -0.2) is 13.1 Å². The minimum Gasteiger partial charge on any atom is -0.330 e. The van der Waals surface area contributed by atoms with Crippen molar-refractivity contribution in [3.05, 3.63) is 35.4 Å². The summed E-state index contributed by atoms with van der Waals surface area (Å²) >= 11 is 0. The second-order valence-corrected chi connectivity index (χ2v) is 3.90. The summed E-state index contributed by atoms with van der Waals surface area (Å²) in [5, 5.41) is 0. The molecule has 0 fully saturated rings. The van der Waals surface area contributed by atoms with Crippen LogP contribution in [0.15, 0.2) is 24.3 Å². The van der Waals surface area contributed by atoms with E-state index in [1.165, 1.54) is 11.1 Å². The van der Waals surface area contributed by atoms with Gasteiger partial charge in [-0.05, 0) is 36.1 Å². The molecule has 2 nitrogen and oxygen atoms in total. The van der Waals surface area contributed by atoms with Crippen LogP contribution in [0.4, 0.5) is 0 Å². The van der Waals surface area contributed by atoms with Crippen molar-refractivity contribution in [2.45, 2.75) is 25.7 Å². The molecule has 14 heavy (non-hydrogen) atoms. The molecule has 2 unspecified atom stereocenters. The molecule has 0 spiro atoms. The van der Waals surface area contributed by atoms with Crippen LogP contribution < -0.4 is 11.5 Å². The van der Waals surface area contributed by atoms with Gasteiger partial charge in [-0.2, -0.15) is 0 Å². The third-order valence-corrected chi connectivity index (χ3v) is 2.76. The second-order valence-electron chi connectivity index (χ2n) is 3.90. The summed E-state index contributed by atoms with van der Waals surface area (Å²) in [7, 11) is 0. The largest absolute Gasteiger partial charge is 0.330 e. The van der Waals surface area contributed by atoms with Gasteiger partial charge in [-0.25, -0.2) is 0 Å². The molecule has 0 heterocycles. The van der Waals surface area contributed by atoms with Crippen LogP contribution in [0.5, 0.6) is 0 Å². The van der Waals surface area contributed by atoms with Crippen LogP contribution in [0, 0.1) is 0 Å². The van der Waals surface area contributed by atoms with Gasteiger partial charge < -0.3 is 11.5 Å². The van der Waals surface area contributed by atoms with E-state index >= 15 is 0 Å². The maximum atomic E-state index is 5.68. The van der Waals surface area contributed by atoms with Crippen LogP contribution in [0.3, 0.4) is 0 Å². The topological polar surface area (TPSA) is 52.0 Å². The molecule has 0 bridgehead atoms. The van der Waals surface area contributed by atoms with Crippen LogP contribution in [0.1, 0.15) is 36.8 Å². The first-order valence-electron chi connectivity index (χ1n) is 5.19. The summed E-state index contributed by atoms with van der Waals surface area (Å²) in [6.07, 6.45) is 0. The first-order chi connectivity index (χ1) is 6.70. The lowest BCUT2D eigenvalue weighted by atomic mass is 9.89. The highest BCUT2D eigenvalue weighted by atomic mass is 14.6. The van der Waals surface area contributed by atoms with Crippen molar-refractivity contribution in [2.75, 3.05) is 13.1 Å². The van der Waals surface area contributed by atoms with Crippen LogP contribution in [0.25, 0.3) is 0 Å². The highest BCUT2D eigenvalue weighted by molar-refractivity contribution is 5.33. The first-order valence-corrected chi connectivity index (χ1v) is 5.19. The molecule has 1 rings (SSSR count). The predicted molar refractivity (Wildman–Crippen MR) is 61.4 cm³/mol. The van der Waals surface area contributed by atoms with Crippen LogP contribution >= 0.6 is 0 Å². The molecule has 0 aliphatic heterocycles. The van der Waals surface area contributed by atoms with E-state index in [4.69, 9.17) is 11.5 Å². The van der Waals surface area contributed by atoms with Gasteiger partial charge >= 0.3 is 0 Å². The third-order valence-electron chi connectivity index (χ3n) is 2.76. The van der Waals surface area contributed by atoms with Crippen molar-refractivity contribution < 1.29 is 0 Å². The van der Waals surface area contributed by atoms with Gasteiger partial charge in [0.1, 0.15) is 0 Å². The molecule has 2 heteroatoms. The molecule has 0 saturated heterocycles. The molecule has 4 N–H and O–H groups in total. The Hall–Kier alpha value is -0.860. The quantitative estimate of drug-likeness (QED) is 0.764. The van der Waals surface area contributed by atoms with Crippen LogP contribution in [0.2, 0.25) is 0 Å². The van der Waals surface area contributed by atoms with Crippen molar-refractivity contribution in [1.82, 2.24) is 0 Å². The molecule has 0 saturated carbocycles. The van der Waals surface area contributed by atoms with Gasteiger partial charge in [0.25, 0.3) is 0 Å². The lowest BCUT2D eigenvalue weighted by Crippen LogP contribution is -2.15. The lowest BCUT2D eigenvalue weighted by molar-refractivity contribution is 0.714. The summed E-state index contributed by atoms with van der Waals surface area (Å²) < 4.78 is 0. The van der Waals surface area contributed by atoms with E-state index in [0.717, 1.165) is 0 Å². The number of hydrogen-bond donors (Lipinski definition) is 2. The number of hydrogen-bond acceptors (Lipinski definition) is 2. The van der Waals surface area contributed by atoms with Crippen molar-refractivity contribution in [1.29, 1.82) is 0 Å². The van der Waals surface area contributed by atoms with Gasteiger partial charge in [0, 0.05) is 0 Å². The molecule has 0 aliphatic carbocycles. The average molecular weight is 192 g/mol. The normalized spacial score (nSPS) is 15.1. The number of rotatable bonds is 4. The SMILES string of the molecule is CC(CN)c1ccccc1C(C)CN. The minimum atomic E-state index is 0.417. The molecule has 1 aromatic carbocycles. The lowest BCUT2D eigenvalue weighted by Gasteiger charge is -2.18. The molecule has 78 valence electrons. The molecule has 0 aliphatic rings. The first kappa shape index (κ1) is 11.2. The number of nitrogens with two attached hydrogens (primary N) is 2. The van der Waals surface area contributed by atoms with E-state index in [9.17, 15) is 0 Å². The van der Waals surface area contributed by atoms with Crippen LogP contribution in [-0.2, 0) is 0 Å². The zero-order valence-corrected chi connectivity index (χ0v) is 9.03. The van der Waals surface area contributed by atoms with E-state index in [1.54, 1.807) is 0 Å².